The highest BCUT2D eigenvalue weighted by molar-refractivity contribution is 6.08. The molecule has 1 aromatic carbocycles. The highest BCUT2D eigenvalue weighted by atomic mass is 16.5. The summed E-state index contributed by atoms with van der Waals surface area (Å²) in [7, 11) is 1.54. The first-order valence-electron chi connectivity index (χ1n) is 11.3. The number of benzene rings is 1. The predicted molar refractivity (Wildman–Crippen MR) is 127 cm³/mol. The van der Waals surface area contributed by atoms with Crippen molar-refractivity contribution in [2.45, 2.75) is 18.6 Å². The quantitative estimate of drug-likeness (QED) is 0.419. The summed E-state index contributed by atoms with van der Waals surface area (Å²) < 4.78 is 11.3. The van der Waals surface area contributed by atoms with E-state index in [4.69, 9.17) is 9.15 Å². The third-order valence-electron chi connectivity index (χ3n) is 6.60. The Morgan fingerprint density at radius 3 is 2.72 bits per heavy atom. The second-order valence-electron chi connectivity index (χ2n) is 8.80. The molecule has 1 saturated heterocycles. The summed E-state index contributed by atoms with van der Waals surface area (Å²) in [4.78, 5) is 51.3. The highest BCUT2D eigenvalue weighted by Crippen LogP contribution is 2.37. The average Bonchev–Trinajstić information content (AvgIpc) is 3.54. The molecule has 1 atom stereocenters. The number of imide groups is 1. The minimum Gasteiger partial charge on any atom is -0.497 e. The van der Waals surface area contributed by atoms with Crippen molar-refractivity contribution < 1.29 is 23.5 Å². The molecular formula is C26H21N5O5. The van der Waals surface area contributed by atoms with Gasteiger partial charge in [0.05, 0.1) is 20.2 Å². The summed E-state index contributed by atoms with van der Waals surface area (Å²) in [5, 5.41) is 3.53. The van der Waals surface area contributed by atoms with E-state index in [9.17, 15) is 14.4 Å². The smallest absolute Gasteiger partial charge is 0.325 e. The van der Waals surface area contributed by atoms with Crippen molar-refractivity contribution in [3.8, 4) is 5.75 Å². The summed E-state index contributed by atoms with van der Waals surface area (Å²) in [5.74, 6) is 0.0359. The SMILES string of the molecule is COc1ccc2c(c1)C(=O)N(C[C@@]1(c3cc4cnccc4o3)NC(=O)N(Cc3cccnc3)C1=O)C2. The van der Waals surface area contributed by atoms with E-state index >= 15 is 0 Å². The maximum Gasteiger partial charge on any atom is 0.325 e. The number of methoxy groups -OCH3 is 1. The maximum absolute atomic E-state index is 14.0. The lowest BCUT2D eigenvalue weighted by atomic mass is 9.94. The van der Waals surface area contributed by atoms with Crippen LogP contribution in [0.5, 0.6) is 5.75 Å². The van der Waals surface area contributed by atoms with Gasteiger partial charge in [-0.3, -0.25) is 24.5 Å². The minimum absolute atomic E-state index is 0.0351. The summed E-state index contributed by atoms with van der Waals surface area (Å²) >= 11 is 0. The number of hydrogen-bond donors (Lipinski definition) is 1. The maximum atomic E-state index is 14.0. The lowest BCUT2D eigenvalue weighted by Crippen LogP contribution is -2.52. The van der Waals surface area contributed by atoms with Crippen molar-refractivity contribution in [1.82, 2.24) is 25.1 Å². The molecule has 180 valence electrons. The molecule has 0 unspecified atom stereocenters. The van der Waals surface area contributed by atoms with Crippen LogP contribution in [-0.2, 0) is 23.4 Å². The molecule has 2 aliphatic heterocycles. The predicted octanol–water partition coefficient (Wildman–Crippen LogP) is 2.83. The number of hydrogen-bond acceptors (Lipinski definition) is 7. The van der Waals surface area contributed by atoms with Crippen LogP contribution >= 0.6 is 0 Å². The van der Waals surface area contributed by atoms with Gasteiger partial charge in [0.1, 0.15) is 17.1 Å². The van der Waals surface area contributed by atoms with E-state index < -0.39 is 17.5 Å². The Morgan fingerprint density at radius 1 is 1.08 bits per heavy atom. The monoisotopic (exact) mass is 483 g/mol. The van der Waals surface area contributed by atoms with Gasteiger partial charge in [-0.05, 0) is 41.5 Å². The average molecular weight is 483 g/mol. The van der Waals surface area contributed by atoms with Crippen LogP contribution in [0.25, 0.3) is 11.0 Å². The minimum atomic E-state index is -1.61. The lowest BCUT2D eigenvalue weighted by Gasteiger charge is -2.29. The number of pyridine rings is 2. The second kappa shape index (κ2) is 8.19. The van der Waals surface area contributed by atoms with Gasteiger partial charge in [-0.2, -0.15) is 0 Å². The van der Waals surface area contributed by atoms with Crippen LogP contribution in [0.1, 0.15) is 27.2 Å². The Labute approximate surface area is 205 Å². The Balaban J connectivity index is 1.40. The molecule has 2 aliphatic rings. The standard InChI is InChI=1S/C26H21N5O5/c1-35-19-5-4-17-14-30(23(32)20(17)10-19)15-26(22-9-18-12-28-8-6-21(18)36-22)24(33)31(25(34)29-26)13-16-3-2-7-27-11-16/h2-12H,13-15H2,1H3,(H,29,34)/t26-/m0/s1. The number of carbonyl (C=O) groups is 3. The molecule has 4 aromatic rings. The molecule has 1 N–H and O–H groups in total. The summed E-state index contributed by atoms with van der Waals surface area (Å²) in [6, 6.07) is 11.6. The Kier molecular flexibility index (Phi) is 4.96. The van der Waals surface area contributed by atoms with E-state index in [-0.39, 0.29) is 31.3 Å². The lowest BCUT2D eigenvalue weighted by molar-refractivity contribution is -0.133. The van der Waals surface area contributed by atoms with Crippen molar-refractivity contribution in [3.05, 3.63) is 89.7 Å². The molecule has 0 aliphatic carbocycles. The van der Waals surface area contributed by atoms with Gasteiger partial charge in [0.25, 0.3) is 11.8 Å². The Hall–Kier alpha value is -4.73. The molecule has 10 nitrogen and oxygen atoms in total. The number of urea groups is 1. The molecular weight excluding hydrogens is 462 g/mol. The van der Waals surface area contributed by atoms with Gasteiger partial charge in [-0.1, -0.05) is 12.1 Å². The van der Waals surface area contributed by atoms with Crippen molar-refractivity contribution >= 4 is 28.8 Å². The van der Waals surface area contributed by atoms with Crippen LogP contribution in [0, 0.1) is 0 Å². The fraction of sp³-hybridized carbons (Fsp3) is 0.192. The van der Waals surface area contributed by atoms with E-state index in [0.29, 0.717) is 27.8 Å². The van der Waals surface area contributed by atoms with E-state index in [1.807, 2.05) is 6.07 Å². The van der Waals surface area contributed by atoms with Gasteiger partial charge in [0.2, 0.25) is 0 Å². The van der Waals surface area contributed by atoms with Gasteiger partial charge < -0.3 is 19.4 Å². The second-order valence-corrected chi connectivity index (χ2v) is 8.80. The fourth-order valence-corrected chi connectivity index (χ4v) is 4.77. The molecule has 0 spiro atoms. The van der Waals surface area contributed by atoms with Gasteiger partial charge in [0, 0.05) is 42.3 Å². The molecule has 6 rings (SSSR count). The largest absolute Gasteiger partial charge is 0.497 e. The summed E-state index contributed by atoms with van der Waals surface area (Å²) in [6.45, 7) is 0.213. The summed E-state index contributed by atoms with van der Waals surface area (Å²) in [6.07, 6.45) is 6.42. The van der Waals surface area contributed by atoms with E-state index in [0.717, 1.165) is 10.5 Å². The number of ether oxygens (including phenoxy) is 1. The zero-order chi connectivity index (χ0) is 24.9. The normalized spacial score (nSPS) is 19.2. The number of fused-ring (bicyclic) bond motifs is 2. The zero-order valence-electron chi connectivity index (χ0n) is 19.3. The zero-order valence-corrected chi connectivity index (χ0v) is 19.3. The molecule has 10 heteroatoms. The van der Waals surface area contributed by atoms with Crippen LogP contribution in [0.4, 0.5) is 4.79 Å². The van der Waals surface area contributed by atoms with E-state index in [1.54, 1.807) is 66.1 Å². The number of nitrogens with zero attached hydrogens (tertiary/aromatic N) is 4. The van der Waals surface area contributed by atoms with Crippen LogP contribution in [0.2, 0.25) is 0 Å². The first kappa shape index (κ1) is 21.8. The Morgan fingerprint density at radius 2 is 1.94 bits per heavy atom. The van der Waals surface area contributed by atoms with Crippen molar-refractivity contribution in [1.29, 1.82) is 0 Å². The third-order valence-corrected chi connectivity index (χ3v) is 6.60. The topological polar surface area (TPSA) is 118 Å². The molecule has 4 amide bonds. The van der Waals surface area contributed by atoms with E-state index in [1.165, 1.54) is 7.11 Å². The summed E-state index contributed by atoms with van der Waals surface area (Å²) in [5.41, 5.74) is 0.923. The van der Waals surface area contributed by atoms with Crippen LogP contribution in [-0.4, -0.2) is 51.3 Å². The number of aromatic nitrogens is 2. The van der Waals surface area contributed by atoms with E-state index in [2.05, 4.69) is 15.3 Å². The number of rotatable bonds is 6. The molecule has 0 saturated carbocycles. The number of amides is 4. The van der Waals surface area contributed by atoms with Crippen molar-refractivity contribution in [2.24, 2.45) is 0 Å². The first-order valence-corrected chi connectivity index (χ1v) is 11.3. The number of furan rings is 1. The van der Waals surface area contributed by atoms with Gasteiger partial charge in [0.15, 0.2) is 5.54 Å². The molecule has 36 heavy (non-hydrogen) atoms. The highest BCUT2D eigenvalue weighted by Gasteiger charge is 2.56. The molecule has 3 aromatic heterocycles. The van der Waals surface area contributed by atoms with Crippen molar-refractivity contribution in [2.75, 3.05) is 13.7 Å². The molecule has 0 radical (unpaired) electrons. The van der Waals surface area contributed by atoms with Gasteiger partial charge in [-0.25, -0.2) is 4.79 Å². The van der Waals surface area contributed by atoms with Crippen LogP contribution in [0.3, 0.4) is 0 Å². The van der Waals surface area contributed by atoms with Crippen molar-refractivity contribution in [3.63, 3.8) is 0 Å². The van der Waals surface area contributed by atoms with Gasteiger partial charge in [-0.15, -0.1) is 0 Å². The molecule has 5 heterocycles. The molecule has 0 bridgehead atoms. The van der Waals surface area contributed by atoms with Crippen LogP contribution in [0.15, 0.2) is 71.7 Å². The molecule has 1 fully saturated rings. The first-order chi connectivity index (χ1) is 17.5. The number of nitrogens with one attached hydrogen (secondary N) is 1. The fourth-order valence-electron chi connectivity index (χ4n) is 4.77. The third kappa shape index (κ3) is 3.37. The van der Waals surface area contributed by atoms with Gasteiger partial charge >= 0.3 is 6.03 Å². The van der Waals surface area contributed by atoms with Crippen LogP contribution < -0.4 is 10.1 Å². The Bertz CT molecular complexity index is 1480. The number of carbonyl (C=O) groups excluding carboxylic acids is 3.